The molecule has 3 aromatic rings. The van der Waals surface area contributed by atoms with Crippen molar-refractivity contribution in [1.82, 2.24) is 9.97 Å². The average Bonchev–Trinajstić information content (AvgIpc) is 2.48. The molecule has 0 aliphatic carbocycles. The molecule has 0 unspecified atom stereocenters. The molecule has 0 fully saturated rings. The van der Waals surface area contributed by atoms with Crippen molar-refractivity contribution >= 4 is 28.4 Å². The van der Waals surface area contributed by atoms with Gasteiger partial charge in [0.15, 0.2) is 11.6 Å². The highest BCUT2D eigenvalue weighted by atomic mass is 16.5. The van der Waals surface area contributed by atoms with E-state index in [9.17, 15) is 0 Å². The third-order valence-corrected chi connectivity index (χ3v) is 2.96. The largest absolute Gasteiger partial charge is 0.495 e. The van der Waals surface area contributed by atoms with Gasteiger partial charge in [0.2, 0.25) is 0 Å². The Labute approximate surface area is 116 Å². The van der Waals surface area contributed by atoms with E-state index in [1.807, 2.05) is 48.5 Å². The molecule has 1 aromatic heterocycles. The van der Waals surface area contributed by atoms with Crippen LogP contribution in [0.2, 0.25) is 0 Å². The molecule has 20 heavy (non-hydrogen) atoms. The summed E-state index contributed by atoms with van der Waals surface area (Å²) in [5.41, 5.74) is 8.31. The summed E-state index contributed by atoms with van der Waals surface area (Å²) < 4.78 is 5.29. The fraction of sp³-hybridized carbons (Fsp3) is 0.0667. The first-order valence-corrected chi connectivity index (χ1v) is 6.20. The normalized spacial score (nSPS) is 10.4. The van der Waals surface area contributed by atoms with Gasteiger partial charge in [0.1, 0.15) is 5.75 Å². The van der Waals surface area contributed by atoms with Crippen LogP contribution in [0, 0.1) is 0 Å². The Hall–Kier alpha value is -2.82. The maximum Gasteiger partial charge on any atom is 0.174 e. The van der Waals surface area contributed by atoms with Crippen LogP contribution in [-0.4, -0.2) is 17.1 Å². The van der Waals surface area contributed by atoms with Gasteiger partial charge in [0.25, 0.3) is 0 Å². The SMILES string of the molecule is COc1ccccc1Nc1nc2ccccc2nc1N. The zero-order chi connectivity index (χ0) is 13.9. The van der Waals surface area contributed by atoms with Gasteiger partial charge in [-0.25, -0.2) is 9.97 Å². The van der Waals surface area contributed by atoms with Gasteiger partial charge in [-0.05, 0) is 24.3 Å². The average molecular weight is 266 g/mol. The van der Waals surface area contributed by atoms with Gasteiger partial charge >= 0.3 is 0 Å². The lowest BCUT2D eigenvalue weighted by atomic mass is 10.3. The molecule has 3 N–H and O–H groups in total. The van der Waals surface area contributed by atoms with E-state index in [1.165, 1.54) is 0 Å². The molecule has 2 aromatic carbocycles. The first-order chi connectivity index (χ1) is 9.78. The number of nitrogens with zero attached hydrogens (tertiary/aromatic N) is 2. The summed E-state index contributed by atoms with van der Waals surface area (Å²) in [4.78, 5) is 8.83. The highest BCUT2D eigenvalue weighted by Gasteiger charge is 2.08. The lowest BCUT2D eigenvalue weighted by molar-refractivity contribution is 0.417. The first kappa shape index (κ1) is 12.2. The van der Waals surface area contributed by atoms with E-state index in [4.69, 9.17) is 10.5 Å². The van der Waals surface area contributed by atoms with Crippen LogP contribution in [-0.2, 0) is 0 Å². The molecule has 0 bridgehead atoms. The number of anilines is 3. The molecule has 0 saturated carbocycles. The summed E-state index contributed by atoms with van der Waals surface area (Å²) in [6.07, 6.45) is 0. The number of benzene rings is 2. The smallest absolute Gasteiger partial charge is 0.174 e. The molecule has 0 saturated heterocycles. The van der Waals surface area contributed by atoms with Crippen molar-refractivity contribution in [3.8, 4) is 5.75 Å². The van der Waals surface area contributed by atoms with Gasteiger partial charge in [0, 0.05) is 0 Å². The molecule has 5 nitrogen and oxygen atoms in total. The fourth-order valence-corrected chi connectivity index (χ4v) is 1.98. The zero-order valence-corrected chi connectivity index (χ0v) is 11.0. The molecule has 1 heterocycles. The van der Waals surface area contributed by atoms with E-state index in [0.29, 0.717) is 11.6 Å². The Morgan fingerprint density at radius 2 is 1.60 bits per heavy atom. The van der Waals surface area contributed by atoms with E-state index in [1.54, 1.807) is 7.11 Å². The number of nitrogen functional groups attached to an aromatic ring is 1. The van der Waals surface area contributed by atoms with Crippen molar-refractivity contribution in [3.05, 3.63) is 48.5 Å². The number of hydrogen-bond acceptors (Lipinski definition) is 5. The Morgan fingerprint density at radius 1 is 0.950 bits per heavy atom. The van der Waals surface area contributed by atoms with Gasteiger partial charge in [-0.1, -0.05) is 24.3 Å². The monoisotopic (exact) mass is 266 g/mol. The van der Waals surface area contributed by atoms with Crippen LogP contribution < -0.4 is 15.8 Å². The molecular formula is C15H14N4O. The second kappa shape index (κ2) is 5.05. The Kier molecular flexibility index (Phi) is 3.09. The molecule has 0 spiro atoms. The number of para-hydroxylation sites is 4. The Morgan fingerprint density at radius 3 is 2.35 bits per heavy atom. The highest BCUT2D eigenvalue weighted by molar-refractivity contribution is 5.81. The molecule has 3 rings (SSSR count). The van der Waals surface area contributed by atoms with Crippen LogP contribution in [0.25, 0.3) is 11.0 Å². The fourth-order valence-electron chi connectivity index (χ4n) is 1.98. The number of hydrogen-bond donors (Lipinski definition) is 2. The number of ether oxygens (including phenoxy) is 1. The van der Waals surface area contributed by atoms with Crippen molar-refractivity contribution < 1.29 is 4.74 Å². The number of aromatic nitrogens is 2. The quantitative estimate of drug-likeness (QED) is 0.762. The summed E-state index contributed by atoms with van der Waals surface area (Å²) in [7, 11) is 1.62. The molecule has 0 amide bonds. The van der Waals surface area contributed by atoms with E-state index in [2.05, 4.69) is 15.3 Å². The van der Waals surface area contributed by atoms with E-state index in [-0.39, 0.29) is 0 Å². The Bertz CT molecular complexity index is 758. The standard InChI is InChI=1S/C15H14N4O/c1-20-13-9-5-4-8-12(13)19-15-14(16)17-10-6-2-3-7-11(10)18-15/h2-9H,1H3,(H2,16,17)(H,18,19). The molecule has 0 aliphatic heterocycles. The summed E-state index contributed by atoms with van der Waals surface area (Å²) in [5, 5.41) is 3.16. The van der Waals surface area contributed by atoms with Gasteiger partial charge < -0.3 is 15.8 Å². The van der Waals surface area contributed by atoms with Crippen LogP contribution in [0.5, 0.6) is 5.75 Å². The lowest BCUT2D eigenvalue weighted by Crippen LogP contribution is -2.03. The van der Waals surface area contributed by atoms with Crippen LogP contribution in [0.4, 0.5) is 17.3 Å². The summed E-state index contributed by atoms with van der Waals surface area (Å²) in [6.45, 7) is 0. The van der Waals surface area contributed by atoms with Gasteiger partial charge in [-0.3, -0.25) is 0 Å². The van der Waals surface area contributed by atoms with Crippen LogP contribution in [0.3, 0.4) is 0 Å². The second-order valence-electron chi connectivity index (χ2n) is 4.27. The molecule has 0 atom stereocenters. The van der Waals surface area contributed by atoms with Gasteiger partial charge in [-0.2, -0.15) is 0 Å². The van der Waals surface area contributed by atoms with Crippen molar-refractivity contribution in [2.24, 2.45) is 0 Å². The van der Waals surface area contributed by atoms with E-state index < -0.39 is 0 Å². The zero-order valence-electron chi connectivity index (χ0n) is 11.0. The highest BCUT2D eigenvalue weighted by Crippen LogP contribution is 2.28. The Balaban J connectivity index is 2.04. The minimum atomic E-state index is 0.356. The second-order valence-corrected chi connectivity index (χ2v) is 4.27. The third-order valence-electron chi connectivity index (χ3n) is 2.96. The van der Waals surface area contributed by atoms with Crippen LogP contribution in [0.1, 0.15) is 0 Å². The number of nitrogens with one attached hydrogen (secondary N) is 1. The summed E-state index contributed by atoms with van der Waals surface area (Å²) >= 11 is 0. The number of nitrogens with two attached hydrogens (primary N) is 1. The molecule has 100 valence electrons. The molecule has 0 radical (unpaired) electrons. The maximum atomic E-state index is 5.95. The van der Waals surface area contributed by atoms with Crippen molar-refractivity contribution in [2.45, 2.75) is 0 Å². The minimum Gasteiger partial charge on any atom is -0.495 e. The molecule has 0 aliphatic rings. The minimum absolute atomic E-state index is 0.356. The van der Waals surface area contributed by atoms with Crippen molar-refractivity contribution in [2.75, 3.05) is 18.2 Å². The first-order valence-electron chi connectivity index (χ1n) is 6.20. The number of methoxy groups -OCH3 is 1. The maximum absolute atomic E-state index is 5.95. The third kappa shape index (κ3) is 2.21. The number of fused-ring (bicyclic) bond motifs is 1. The molecular weight excluding hydrogens is 252 g/mol. The summed E-state index contributed by atoms with van der Waals surface area (Å²) in [5.74, 6) is 1.60. The van der Waals surface area contributed by atoms with Gasteiger partial charge in [0.05, 0.1) is 23.8 Å². The van der Waals surface area contributed by atoms with E-state index in [0.717, 1.165) is 22.5 Å². The van der Waals surface area contributed by atoms with Crippen molar-refractivity contribution in [3.63, 3.8) is 0 Å². The topological polar surface area (TPSA) is 73.1 Å². The predicted octanol–water partition coefficient (Wildman–Crippen LogP) is 2.96. The van der Waals surface area contributed by atoms with Gasteiger partial charge in [-0.15, -0.1) is 0 Å². The summed E-state index contributed by atoms with van der Waals surface area (Å²) in [6, 6.07) is 15.2. The van der Waals surface area contributed by atoms with E-state index >= 15 is 0 Å². The van der Waals surface area contributed by atoms with Crippen molar-refractivity contribution in [1.29, 1.82) is 0 Å². The number of rotatable bonds is 3. The van der Waals surface area contributed by atoms with Crippen LogP contribution >= 0.6 is 0 Å². The molecule has 5 heteroatoms. The van der Waals surface area contributed by atoms with Crippen LogP contribution in [0.15, 0.2) is 48.5 Å². The predicted molar refractivity (Wildman–Crippen MR) is 80.2 cm³/mol. The lowest BCUT2D eigenvalue weighted by Gasteiger charge is -2.12.